The summed E-state index contributed by atoms with van der Waals surface area (Å²) in [5, 5.41) is 29.2. The van der Waals surface area contributed by atoms with E-state index in [9.17, 15) is 15.3 Å². The maximum Gasteiger partial charge on any atom is 0.123 e. The Morgan fingerprint density at radius 3 is 2.28 bits per heavy atom. The van der Waals surface area contributed by atoms with Gasteiger partial charge in [-0.25, -0.2) is 0 Å². The number of rotatable bonds is 6. The number of benzene rings is 1. The van der Waals surface area contributed by atoms with Crippen LogP contribution < -0.4 is 10.6 Å². The molecule has 1 aromatic carbocycles. The van der Waals surface area contributed by atoms with Gasteiger partial charge in [0.05, 0.1) is 6.10 Å². The second-order valence-electron chi connectivity index (χ2n) is 4.16. The Morgan fingerprint density at radius 2 is 1.83 bits per heavy atom. The predicted molar refractivity (Wildman–Crippen MR) is 71.7 cm³/mol. The number of phenols is 1. The Kier molecular flexibility index (Phi) is 5.40. The summed E-state index contributed by atoms with van der Waals surface area (Å²) in [6.07, 6.45) is -2.24. The average Bonchev–Trinajstić information content (AvgIpc) is 2.38. The number of hydrogen-bond acceptors (Lipinski definition) is 5. The van der Waals surface area contributed by atoms with Crippen molar-refractivity contribution < 1.29 is 15.3 Å². The average molecular weight is 254 g/mol. The molecule has 0 aliphatic rings. The van der Waals surface area contributed by atoms with Crippen molar-refractivity contribution in [1.29, 1.82) is 0 Å². The molecule has 0 radical (unpaired) electrons. The van der Waals surface area contributed by atoms with E-state index in [1.165, 1.54) is 0 Å². The first-order valence-corrected chi connectivity index (χ1v) is 6.19. The van der Waals surface area contributed by atoms with E-state index in [1.807, 2.05) is 19.9 Å². The quantitative estimate of drug-likeness (QED) is 0.596. The van der Waals surface area contributed by atoms with Crippen molar-refractivity contribution in [2.75, 3.05) is 24.5 Å². The van der Waals surface area contributed by atoms with Gasteiger partial charge in [0.2, 0.25) is 0 Å². The molecule has 0 saturated carbocycles. The normalized spacial score (nSPS) is 14.3. The van der Waals surface area contributed by atoms with E-state index in [1.54, 1.807) is 12.1 Å². The Morgan fingerprint density at radius 1 is 1.22 bits per heavy atom. The summed E-state index contributed by atoms with van der Waals surface area (Å²) in [6.45, 7) is 5.67. The predicted octanol–water partition coefficient (Wildman–Crippen LogP) is 0.591. The van der Waals surface area contributed by atoms with Gasteiger partial charge in [-0.15, -0.1) is 0 Å². The molecule has 18 heavy (non-hydrogen) atoms. The van der Waals surface area contributed by atoms with Crippen molar-refractivity contribution in [3.05, 3.63) is 23.8 Å². The zero-order valence-corrected chi connectivity index (χ0v) is 10.9. The fourth-order valence-electron chi connectivity index (χ4n) is 1.90. The summed E-state index contributed by atoms with van der Waals surface area (Å²) >= 11 is 0. The van der Waals surface area contributed by atoms with Crippen LogP contribution in [0.3, 0.4) is 0 Å². The Hall–Kier alpha value is -1.30. The van der Waals surface area contributed by atoms with Crippen LogP contribution in [0, 0.1) is 0 Å². The zero-order valence-electron chi connectivity index (χ0n) is 10.9. The second-order valence-corrected chi connectivity index (χ2v) is 4.16. The molecule has 5 N–H and O–H groups in total. The summed E-state index contributed by atoms with van der Waals surface area (Å²) in [5.41, 5.74) is 6.46. The summed E-state index contributed by atoms with van der Waals surface area (Å²) in [5.74, 6) is -0.0283. The highest BCUT2D eigenvalue weighted by Gasteiger charge is 2.20. The van der Waals surface area contributed by atoms with E-state index < -0.39 is 12.2 Å². The van der Waals surface area contributed by atoms with Crippen molar-refractivity contribution in [1.82, 2.24) is 0 Å². The third kappa shape index (κ3) is 3.13. The third-order valence-electron chi connectivity index (χ3n) is 3.07. The van der Waals surface area contributed by atoms with Crippen LogP contribution in [0.2, 0.25) is 0 Å². The lowest BCUT2D eigenvalue weighted by atomic mass is 10.0. The number of aromatic hydroxyl groups is 1. The molecule has 2 unspecified atom stereocenters. The number of aliphatic hydroxyl groups excluding tert-OH is 2. The van der Waals surface area contributed by atoms with Crippen LogP contribution in [0.4, 0.5) is 5.69 Å². The minimum atomic E-state index is -1.17. The largest absolute Gasteiger partial charge is 0.507 e. The fraction of sp³-hybridized carbons (Fsp3) is 0.538. The summed E-state index contributed by atoms with van der Waals surface area (Å²) in [6, 6.07) is 5.02. The molecule has 2 atom stereocenters. The van der Waals surface area contributed by atoms with Gasteiger partial charge in [-0.1, -0.05) is 6.07 Å². The van der Waals surface area contributed by atoms with E-state index in [4.69, 9.17) is 5.73 Å². The first-order valence-electron chi connectivity index (χ1n) is 6.19. The highest BCUT2D eigenvalue weighted by Crippen LogP contribution is 2.30. The SMILES string of the molecule is CCN(CC)c1ccc(C(O)C(O)CN)c(O)c1. The summed E-state index contributed by atoms with van der Waals surface area (Å²) in [7, 11) is 0. The molecular weight excluding hydrogens is 232 g/mol. The topological polar surface area (TPSA) is 90.0 Å². The minimum Gasteiger partial charge on any atom is -0.507 e. The molecule has 0 saturated heterocycles. The van der Waals surface area contributed by atoms with E-state index >= 15 is 0 Å². The second kappa shape index (κ2) is 6.58. The van der Waals surface area contributed by atoms with Crippen molar-refractivity contribution in [3.8, 4) is 5.75 Å². The summed E-state index contributed by atoms with van der Waals surface area (Å²) < 4.78 is 0. The van der Waals surface area contributed by atoms with Crippen LogP contribution in [0.25, 0.3) is 0 Å². The zero-order chi connectivity index (χ0) is 13.7. The highest BCUT2D eigenvalue weighted by molar-refractivity contribution is 5.53. The molecule has 1 aromatic rings. The van der Waals surface area contributed by atoms with Gasteiger partial charge in [-0.05, 0) is 19.9 Å². The van der Waals surface area contributed by atoms with Crippen LogP contribution in [-0.2, 0) is 0 Å². The van der Waals surface area contributed by atoms with E-state index in [0.29, 0.717) is 5.56 Å². The molecule has 0 aliphatic carbocycles. The van der Waals surface area contributed by atoms with Crippen LogP contribution in [-0.4, -0.2) is 41.1 Å². The van der Waals surface area contributed by atoms with Crippen LogP contribution in [0.5, 0.6) is 5.75 Å². The van der Waals surface area contributed by atoms with Crippen molar-refractivity contribution >= 4 is 5.69 Å². The Bertz CT molecular complexity index is 380. The number of aliphatic hydroxyl groups is 2. The van der Waals surface area contributed by atoms with Crippen molar-refractivity contribution in [2.24, 2.45) is 5.73 Å². The first kappa shape index (κ1) is 14.8. The van der Waals surface area contributed by atoms with E-state index in [2.05, 4.69) is 4.90 Å². The summed E-state index contributed by atoms with van der Waals surface area (Å²) in [4.78, 5) is 2.08. The number of nitrogens with zero attached hydrogens (tertiary/aromatic N) is 1. The lowest BCUT2D eigenvalue weighted by molar-refractivity contribution is 0.0230. The van der Waals surface area contributed by atoms with Gasteiger partial charge in [0.25, 0.3) is 0 Å². The van der Waals surface area contributed by atoms with Crippen LogP contribution in [0.1, 0.15) is 25.5 Å². The number of nitrogens with two attached hydrogens (primary N) is 1. The number of hydrogen-bond donors (Lipinski definition) is 4. The van der Waals surface area contributed by atoms with E-state index in [-0.39, 0.29) is 12.3 Å². The van der Waals surface area contributed by atoms with Gasteiger partial charge in [-0.2, -0.15) is 0 Å². The van der Waals surface area contributed by atoms with Gasteiger partial charge in [0.15, 0.2) is 0 Å². The maximum absolute atomic E-state index is 9.91. The number of anilines is 1. The number of phenolic OH excluding ortho intramolecular Hbond substituents is 1. The minimum absolute atomic E-state index is 0.0283. The van der Waals surface area contributed by atoms with Gasteiger partial charge in [0, 0.05) is 37.0 Å². The van der Waals surface area contributed by atoms with Gasteiger partial charge in [-0.3, -0.25) is 0 Å². The van der Waals surface area contributed by atoms with Gasteiger partial charge < -0.3 is 26.0 Å². The molecule has 0 spiro atoms. The van der Waals surface area contributed by atoms with Gasteiger partial charge >= 0.3 is 0 Å². The van der Waals surface area contributed by atoms with Crippen LogP contribution in [0.15, 0.2) is 18.2 Å². The maximum atomic E-state index is 9.91. The molecule has 5 heteroatoms. The monoisotopic (exact) mass is 254 g/mol. The molecule has 0 bridgehead atoms. The molecule has 5 nitrogen and oxygen atoms in total. The standard InChI is InChI=1S/C13H22N2O3/c1-3-15(4-2)9-5-6-10(11(16)7-9)13(18)12(17)8-14/h5-7,12-13,16-18H,3-4,8,14H2,1-2H3. The first-order chi connectivity index (χ1) is 8.54. The molecule has 1 rings (SSSR count). The molecule has 0 aromatic heterocycles. The fourth-order valence-corrected chi connectivity index (χ4v) is 1.90. The van der Waals surface area contributed by atoms with Crippen molar-refractivity contribution in [3.63, 3.8) is 0 Å². The molecule has 0 fully saturated rings. The van der Waals surface area contributed by atoms with Gasteiger partial charge in [0.1, 0.15) is 11.9 Å². The molecule has 0 aliphatic heterocycles. The molecule has 0 amide bonds. The lowest BCUT2D eigenvalue weighted by Gasteiger charge is -2.23. The molecule has 0 heterocycles. The third-order valence-corrected chi connectivity index (χ3v) is 3.07. The highest BCUT2D eigenvalue weighted by atomic mass is 16.3. The Balaban J connectivity index is 2.99. The Labute approximate surface area is 107 Å². The van der Waals surface area contributed by atoms with Crippen molar-refractivity contribution in [2.45, 2.75) is 26.1 Å². The smallest absolute Gasteiger partial charge is 0.123 e. The molecule has 102 valence electrons. The molecular formula is C13H22N2O3. The van der Waals surface area contributed by atoms with Crippen LogP contribution >= 0.6 is 0 Å². The lowest BCUT2D eigenvalue weighted by Crippen LogP contribution is -2.27. The van der Waals surface area contributed by atoms with E-state index in [0.717, 1.165) is 18.8 Å².